The zero-order valence-electron chi connectivity index (χ0n) is 11.0. The molecule has 0 bridgehead atoms. The molecular formula is C16H11N3O2. The van der Waals surface area contributed by atoms with Crippen LogP contribution in [0.1, 0.15) is 11.3 Å². The number of hydrogen-bond acceptors (Lipinski definition) is 4. The number of hydrogen-bond donors (Lipinski definition) is 0. The Hall–Kier alpha value is -3.08. The molecule has 5 nitrogen and oxygen atoms in total. The number of fused-ring (bicyclic) bond motifs is 1. The van der Waals surface area contributed by atoms with Crippen molar-refractivity contribution in [1.82, 2.24) is 9.97 Å². The van der Waals surface area contributed by atoms with Crippen LogP contribution in [-0.2, 0) is 0 Å². The first kappa shape index (κ1) is 12.9. The Balaban J connectivity index is 2.03. The molecule has 102 valence electrons. The average Bonchev–Trinajstić information content (AvgIpc) is 2.53. The Morgan fingerprint density at radius 3 is 2.57 bits per heavy atom. The van der Waals surface area contributed by atoms with Crippen LogP contribution < -0.4 is 0 Å². The summed E-state index contributed by atoms with van der Waals surface area (Å²) >= 11 is 0. The van der Waals surface area contributed by atoms with Crippen molar-refractivity contribution in [1.29, 1.82) is 0 Å². The topological polar surface area (TPSA) is 68.9 Å². The van der Waals surface area contributed by atoms with Gasteiger partial charge in [-0.05, 0) is 29.8 Å². The summed E-state index contributed by atoms with van der Waals surface area (Å²) in [5.74, 6) is 0. The fourth-order valence-electron chi connectivity index (χ4n) is 2.04. The second-order valence-electron chi connectivity index (χ2n) is 4.46. The second-order valence-corrected chi connectivity index (χ2v) is 4.46. The number of non-ortho nitro benzene ring substituents is 1. The predicted molar refractivity (Wildman–Crippen MR) is 81.6 cm³/mol. The van der Waals surface area contributed by atoms with Gasteiger partial charge in [-0.3, -0.25) is 15.1 Å². The van der Waals surface area contributed by atoms with Crippen LogP contribution >= 0.6 is 0 Å². The number of aromatic nitrogens is 2. The zero-order chi connectivity index (χ0) is 14.7. The van der Waals surface area contributed by atoms with E-state index in [9.17, 15) is 10.1 Å². The number of nitro groups is 1. The molecule has 0 spiro atoms. The lowest BCUT2D eigenvalue weighted by Crippen LogP contribution is -1.92. The van der Waals surface area contributed by atoms with Gasteiger partial charge >= 0.3 is 0 Å². The standard InChI is InChI=1S/C16H11N3O2/c20-19(21)15-3-1-2-13-5-7-14(18-16(13)15)6-4-12-8-10-17-11-9-12/h1-11H/b6-4+. The van der Waals surface area contributed by atoms with Crippen molar-refractivity contribution in [2.24, 2.45) is 0 Å². The molecule has 0 amide bonds. The minimum absolute atomic E-state index is 0.0201. The predicted octanol–water partition coefficient (Wildman–Crippen LogP) is 3.71. The summed E-state index contributed by atoms with van der Waals surface area (Å²) in [7, 11) is 0. The molecular weight excluding hydrogens is 266 g/mol. The highest BCUT2D eigenvalue weighted by atomic mass is 16.6. The van der Waals surface area contributed by atoms with E-state index in [1.165, 1.54) is 6.07 Å². The summed E-state index contributed by atoms with van der Waals surface area (Å²) in [5, 5.41) is 11.8. The van der Waals surface area contributed by atoms with Crippen molar-refractivity contribution in [3.8, 4) is 0 Å². The van der Waals surface area contributed by atoms with Gasteiger partial charge in [0.05, 0.1) is 10.6 Å². The molecule has 0 aliphatic carbocycles. The fourth-order valence-corrected chi connectivity index (χ4v) is 2.04. The molecule has 0 N–H and O–H groups in total. The quantitative estimate of drug-likeness (QED) is 0.540. The lowest BCUT2D eigenvalue weighted by molar-refractivity contribution is -0.383. The van der Waals surface area contributed by atoms with Crippen molar-refractivity contribution < 1.29 is 4.92 Å². The Kier molecular flexibility index (Phi) is 3.39. The molecule has 2 heterocycles. The van der Waals surface area contributed by atoms with Crippen LogP contribution in [0, 0.1) is 10.1 Å². The van der Waals surface area contributed by atoms with Gasteiger partial charge in [0, 0.05) is 23.8 Å². The second kappa shape index (κ2) is 5.50. The summed E-state index contributed by atoms with van der Waals surface area (Å²) in [6.45, 7) is 0. The van der Waals surface area contributed by atoms with Gasteiger partial charge in [0.25, 0.3) is 5.69 Å². The van der Waals surface area contributed by atoms with E-state index in [4.69, 9.17) is 0 Å². The number of nitro benzene ring substituents is 1. The van der Waals surface area contributed by atoms with Crippen molar-refractivity contribution in [3.05, 3.63) is 76.2 Å². The zero-order valence-corrected chi connectivity index (χ0v) is 11.0. The van der Waals surface area contributed by atoms with Crippen molar-refractivity contribution in [2.75, 3.05) is 0 Å². The summed E-state index contributed by atoms with van der Waals surface area (Å²) in [6, 6.07) is 12.4. The molecule has 2 aromatic heterocycles. The Morgan fingerprint density at radius 1 is 1.00 bits per heavy atom. The van der Waals surface area contributed by atoms with Gasteiger partial charge in [-0.15, -0.1) is 0 Å². The monoisotopic (exact) mass is 277 g/mol. The normalized spacial score (nSPS) is 11.0. The molecule has 0 saturated heterocycles. The van der Waals surface area contributed by atoms with E-state index >= 15 is 0 Å². The highest BCUT2D eigenvalue weighted by molar-refractivity contribution is 5.88. The van der Waals surface area contributed by atoms with E-state index in [1.54, 1.807) is 18.5 Å². The third kappa shape index (κ3) is 2.76. The van der Waals surface area contributed by atoms with E-state index < -0.39 is 4.92 Å². The van der Waals surface area contributed by atoms with Crippen LogP contribution in [0.3, 0.4) is 0 Å². The first-order chi connectivity index (χ1) is 10.2. The fraction of sp³-hybridized carbons (Fsp3) is 0. The van der Waals surface area contributed by atoms with Crippen LogP contribution in [0.15, 0.2) is 54.9 Å². The van der Waals surface area contributed by atoms with Gasteiger partial charge in [0.1, 0.15) is 5.52 Å². The number of para-hydroxylation sites is 1. The minimum atomic E-state index is -0.411. The Bertz CT molecular complexity index is 829. The molecule has 21 heavy (non-hydrogen) atoms. The van der Waals surface area contributed by atoms with Crippen LogP contribution in [0.4, 0.5) is 5.69 Å². The summed E-state index contributed by atoms with van der Waals surface area (Å²) in [4.78, 5) is 19.0. The largest absolute Gasteiger partial charge is 0.295 e. The van der Waals surface area contributed by atoms with E-state index in [2.05, 4.69) is 9.97 Å². The van der Waals surface area contributed by atoms with Gasteiger partial charge in [0.15, 0.2) is 0 Å². The van der Waals surface area contributed by atoms with Crippen molar-refractivity contribution >= 4 is 28.7 Å². The van der Waals surface area contributed by atoms with Gasteiger partial charge in [-0.2, -0.15) is 0 Å². The molecule has 0 saturated carbocycles. The van der Waals surface area contributed by atoms with Crippen molar-refractivity contribution in [2.45, 2.75) is 0 Å². The molecule has 3 aromatic rings. The lowest BCUT2D eigenvalue weighted by atomic mass is 10.1. The third-order valence-corrected chi connectivity index (χ3v) is 3.07. The van der Waals surface area contributed by atoms with Crippen LogP contribution in [-0.4, -0.2) is 14.9 Å². The van der Waals surface area contributed by atoms with Gasteiger partial charge in [-0.1, -0.05) is 24.3 Å². The molecule has 0 aliphatic heterocycles. The molecule has 0 atom stereocenters. The number of pyridine rings is 2. The third-order valence-electron chi connectivity index (χ3n) is 3.07. The Morgan fingerprint density at radius 2 is 1.81 bits per heavy atom. The highest BCUT2D eigenvalue weighted by Gasteiger charge is 2.12. The highest BCUT2D eigenvalue weighted by Crippen LogP contribution is 2.24. The first-order valence-corrected chi connectivity index (χ1v) is 6.36. The van der Waals surface area contributed by atoms with Gasteiger partial charge < -0.3 is 0 Å². The maximum atomic E-state index is 11.0. The molecule has 5 heteroatoms. The number of benzene rings is 1. The van der Waals surface area contributed by atoms with Crippen LogP contribution in [0.5, 0.6) is 0 Å². The van der Waals surface area contributed by atoms with Crippen molar-refractivity contribution in [3.63, 3.8) is 0 Å². The number of nitrogens with zero attached hydrogens (tertiary/aromatic N) is 3. The minimum Gasteiger partial charge on any atom is -0.265 e. The smallest absolute Gasteiger partial charge is 0.265 e. The molecule has 0 radical (unpaired) electrons. The summed E-state index contributed by atoms with van der Waals surface area (Å²) < 4.78 is 0. The van der Waals surface area contributed by atoms with E-state index in [0.29, 0.717) is 11.2 Å². The maximum absolute atomic E-state index is 11.0. The summed E-state index contributed by atoms with van der Waals surface area (Å²) in [6.07, 6.45) is 7.13. The first-order valence-electron chi connectivity index (χ1n) is 6.36. The van der Waals surface area contributed by atoms with E-state index in [-0.39, 0.29) is 5.69 Å². The van der Waals surface area contributed by atoms with E-state index in [1.807, 2.05) is 42.5 Å². The van der Waals surface area contributed by atoms with E-state index in [0.717, 1.165) is 10.9 Å². The molecule has 0 fully saturated rings. The number of rotatable bonds is 3. The molecule has 0 unspecified atom stereocenters. The summed E-state index contributed by atoms with van der Waals surface area (Å²) in [5.41, 5.74) is 2.09. The van der Waals surface area contributed by atoms with Gasteiger partial charge in [0.2, 0.25) is 0 Å². The van der Waals surface area contributed by atoms with Crippen LogP contribution in [0.2, 0.25) is 0 Å². The van der Waals surface area contributed by atoms with Crippen LogP contribution in [0.25, 0.3) is 23.1 Å². The maximum Gasteiger partial charge on any atom is 0.295 e. The molecule has 1 aromatic carbocycles. The molecule has 0 aliphatic rings. The lowest BCUT2D eigenvalue weighted by Gasteiger charge is -2.00. The Labute approximate surface area is 120 Å². The molecule has 3 rings (SSSR count). The van der Waals surface area contributed by atoms with Gasteiger partial charge in [-0.25, -0.2) is 4.98 Å². The SMILES string of the molecule is O=[N+]([O-])c1cccc2ccc(/C=C/c3ccncc3)nc12. The average molecular weight is 277 g/mol.